The molecule has 0 saturated carbocycles. The molecule has 0 atom stereocenters. The van der Waals surface area contributed by atoms with E-state index in [9.17, 15) is 9.59 Å². The summed E-state index contributed by atoms with van der Waals surface area (Å²) in [7, 11) is 1.55. The molecule has 1 amide bonds. The van der Waals surface area contributed by atoms with Crippen molar-refractivity contribution in [2.45, 2.75) is 19.8 Å². The molecule has 0 aliphatic rings. The maximum absolute atomic E-state index is 13.3. The van der Waals surface area contributed by atoms with E-state index >= 15 is 0 Å². The lowest BCUT2D eigenvalue weighted by Crippen LogP contribution is -2.31. The average molecular weight is 432 g/mol. The van der Waals surface area contributed by atoms with E-state index < -0.39 is 11.5 Å². The molecular formula is C23H21N5O2S. The fourth-order valence-corrected chi connectivity index (χ4v) is 4.14. The molecule has 2 aromatic carbocycles. The van der Waals surface area contributed by atoms with Gasteiger partial charge in [-0.3, -0.25) is 14.9 Å². The summed E-state index contributed by atoms with van der Waals surface area (Å²) in [6, 6.07) is 18.9. The van der Waals surface area contributed by atoms with Crippen LogP contribution in [0.4, 0.5) is 5.13 Å². The zero-order valence-electron chi connectivity index (χ0n) is 17.2. The second-order valence-corrected chi connectivity index (χ2v) is 8.03. The van der Waals surface area contributed by atoms with Crippen molar-refractivity contribution in [1.29, 1.82) is 0 Å². The largest absolute Gasteiger partial charge is 0.296 e. The number of carbonyl (C=O) groups is 1. The summed E-state index contributed by atoms with van der Waals surface area (Å²) in [5.74, 6) is -0.529. The van der Waals surface area contributed by atoms with Crippen LogP contribution in [0.15, 0.2) is 65.5 Å². The van der Waals surface area contributed by atoms with Gasteiger partial charge in [-0.2, -0.15) is 5.10 Å². The summed E-state index contributed by atoms with van der Waals surface area (Å²) >= 11 is 1.31. The van der Waals surface area contributed by atoms with Crippen molar-refractivity contribution in [2.24, 2.45) is 7.05 Å². The van der Waals surface area contributed by atoms with Gasteiger partial charge in [0.05, 0.1) is 5.69 Å². The van der Waals surface area contributed by atoms with Crippen molar-refractivity contribution in [2.75, 3.05) is 5.32 Å². The maximum atomic E-state index is 13.3. The second kappa shape index (κ2) is 9.01. The summed E-state index contributed by atoms with van der Waals surface area (Å²) in [5.41, 5.74) is 2.14. The predicted octanol–water partition coefficient (Wildman–Crippen LogP) is 4.17. The first-order valence-electron chi connectivity index (χ1n) is 9.94. The molecule has 7 nitrogen and oxygen atoms in total. The Kier molecular flexibility index (Phi) is 5.99. The number of rotatable bonds is 6. The van der Waals surface area contributed by atoms with Crippen LogP contribution in [0.2, 0.25) is 0 Å². The zero-order chi connectivity index (χ0) is 21.8. The number of benzene rings is 2. The van der Waals surface area contributed by atoms with E-state index in [0.29, 0.717) is 16.4 Å². The Balaban J connectivity index is 1.89. The third kappa shape index (κ3) is 4.29. The monoisotopic (exact) mass is 431 g/mol. The molecule has 0 aliphatic heterocycles. The van der Waals surface area contributed by atoms with Gasteiger partial charge in [-0.05, 0) is 12.0 Å². The lowest BCUT2D eigenvalue weighted by molar-refractivity contribution is 0.102. The van der Waals surface area contributed by atoms with Crippen molar-refractivity contribution in [3.8, 4) is 22.4 Å². The molecule has 0 unspecified atom stereocenters. The number of aryl methyl sites for hydroxylation is 2. The number of nitrogens with one attached hydrogen (secondary N) is 1. The van der Waals surface area contributed by atoms with E-state index in [1.807, 2.05) is 60.7 Å². The minimum Gasteiger partial charge on any atom is -0.296 e. The van der Waals surface area contributed by atoms with Gasteiger partial charge < -0.3 is 0 Å². The Morgan fingerprint density at radius 3 is 2.29 bits per heavy atom. The molecule has 0 fully saturated rings. The molecule has 2 aromatic heterocycles. The number of carbonyl (C=O) groups excluding carboxylic acids is 1. The third-order valence-corrected chi connectivity index (χ3v) is 5.63. The zero-order valence-corrected chi connectivity index (χ0v) is 18.0. The third-order valence-electron chi connectivity index (χ3n) is 4.73. The van der Waals surface area contributed by atoms with Gasteiger partial charge in [0.1, 0.15) is 10.6 Å². The number of hydrogen-bond acceptors (Lipinski definition) is 6. The smallest absolute Gasteiger partial charge is 0.280 e. The summed E-state index contributed by atoms with van der Waals surface area (Å²) in [6.45, 7) is 2.05. The molecule has 0 bridgehead atoms. The van der Waals surface area contributed by atoms with E-state index in [0.717, 1.165) is 29.0 Å². The SMILES string of the molecule is CCCc1nnc(NC(=O)c2c(-c3ccccc3)c(-c3ccccc3)nn(C)c2=O)s1. The van der Waals surface area contributed by atoms with Crippen molar-refractivity contribution >= 4 is 22.4 Å². The number of hydrogen-bond donors (Lipinski definition) is 1. The first-order valence-corrected chi connectivity index (χ1v) is 10.8. The first-order chi connectivity index (χ1) is 15.1. The highest BCUT2D eigenvalue weighted by molar-refractivity contribution is 7.15. The lowest BCUT2D eigenvalue weighted by atomic mass is 9.95. The Bertz CT molecular complexity index is 1270. The molecular weight excluding hydrogens is 410 g/mol. The Labute approximate surface area is 183 Å². The highest BCUT2D eigenvalue weighted by Crippen LogP contribution is 2.32. The van der Waals surface area contributed by atoms with Gasteiger partial charge in [-0.1, -0.05) is 78.9 Å². The molecule has 2 heterocycles. The molecule has 0 radical (unpaired) electrons. The van der Waals surface area contributed by atoms with Gasteiger partial charge in [0.15, 0.2) is 0 Å². The lowest BCUT2D eigenvalue weighted by Gasteiger charge is -2.15. The molecule has 1 N–H and O–H groups in total. The molecule has 156 valence electrons. The van der Waals surface area contributed by atoms with Crippen molar-refractivity contribution in [3.63, 3.8) is 0 Å². The second-order valence-electron chi connectivity index (χ2n) is 6.96. The van der Waals surface area contributed by atoms with Crippen LogP contribution >= 0.6 is 11.3 Å². The molecule has 4 rings (SSSR count). The number of aromatic nitrogens is 4. The van der Waals surface area contributed by atoms with E-state index in [1.54, 1.807) is 7.05 Å². The van der Waals surface area contributed by atoms with Crippen LogP contribution in [-0.4, -0.2) is 25.9 Å². The van der Waals surface area contributed by atoms with Crippen LogP contribution in [-0.2, 0) is 13.5 Å². The van der Waals surface area contributed by atoms with Crippen LogP contribution in [0.5, 0.6) is 0 Å². The van der Waals surface area contributed by atoms with Gasteiger partial charge >= 0.3 is 0 Å². The van der Waals surface area contributed by atoms with Crippen LogP contribution < -0.4 is 10.9 Å². The standard InChI is InChI=1S/C23H21N5O2S/c1-3-10-17-25-26-23(31-17)24-21(29)19-18(15-11-6-4-7-12-15)20(27-28(2)22(19)30)16-13-8-5-9-14-16/h4-9,11-14H,3,10H2,1-2H3,(H,24,26,29). The van der Waals surface area contributed by atoms with E-state index in [2.05, 4.69) is 27.5 Å². The van der Waals surface area contributed by atoms with Crippen LogP contribution in [0.3, 0.4) is 0 Å². The highest BCUT2D eigenvalue weighted by Gasteiger charge is 2.25. The number of nitrogens with zero attached hydrogens (tertiary/aromatic N) is 4. The predicted molar refractivity (Wildman–Crippen MR) is 122 cm³/mol. The van der Waals surface area contributed by atoms with Gasteiger partial charge in [0.25, 0.3) is 11.5 Å². The minimum atomic E-state index is -0.529. The topological polar surface area (TPSA) is 89.8 Å². The molecule has 8 heteroatoms. The Morgan fingerprint density at radius 1 is 1.00 bits per heavy atom. The fourth-order valence-electron chi connectivity index (χ4n) is 3.31. The molecule has 4 aromatic rings. The summed E-state index contributed by atoms with van der Waals surface area (Å²) in [6.07, 6.45) is 1.73. The van der Waals surface area contributed by atoms with Crippen molar-refractivity contribution in [1.82, 2.24) is 20.0 Å². The van der Waals surface area contributed by atoms with E-state index in [-0.39, 0.29) is 5.56 Å². The first kappa shape index (κ1) is 20.6. The summed E-state index contributed by atoms with van der Waals surface area (Å²) in [5, 5.41) is 16.6. The molecule has 0 saturated heterocycles. The van der Waals surface area contributed by atoms with Gasteiger partial charge in [0.2, 0.25) is 5.13 Å². The molecule has 0 aliphatic carbocycles. The fraction of sp³-hybridized carbons (Fsp3) is 0.174. The van der Waals surface area contributed by atoms with Gasteiger partial charge in [0, 0.05) is 24.6 Å². The minimum absolute atomic E-state index is 0.0230. The molecule has 0 spiro atoms. The van der Waals surface area contributed by atoms with E-state index in [4.69, 9.17) is 0 Å². The van der Waals surface area contributed by atoms with Crippen LogP contribution in [0.1, 0.15) is 28.7 Å². The van der Waals surface area contributed by atoms with Crippen molar-refractivity contribution < 1.29 is 4.79 Å². The normalized spacial score (nSPS) is 10.8. The average Bonchev–Trinajstić information content (AvgIpc) is 3.23. The van der Waals surface area contributed by atoms with E-state index in [1.165, 1.54) is 16.0 Å². The Morgan fingerprint density at radius 2 is 1.65 bits per heavy atom. The number of anilines is 1. The quantitative estimate of drug-likeness (QED) is 0.495. The summed E-state index contributed by atoms with van der Waals surface area (Å²) in [4.78, 5) is 26.4. The Hall–Kier alpha value is -3.65. The van der Waals surface area contributed by atoms with Crippen LogP contribution in [0, 0.1) is 0 Å². The number of amides is 1. The van der Waals surface area contributed by atoms with Crippen LogP contribution in [0.25, 0.3) is 22.4 Å². The highest BCUT2D eigenvalue weighted by atomic mass is 32.1. The summed E-state index contributed by atoms with van der Waals surface area (Å²) < 4.78 is 1.20. The van der Waals surface area contributed by atoms with Crippen molar-refractivity contribution in [3.05, 3.63) is 81.6 Å². The maximum Gasteiger partial charge on any atom is 0.280 e. The molecule has 31 heavy (non-hydrogen) atoms. The van der Waals surface area contributed by atoms with Gasteiger partial charge in [-0.25, -0.2) is 4.68 Å². The van der Waals surface area contributed by atoms with Gasteiger partial charge in [-0.15, -0.1) is 10.2 Å².